The molecule has 6 heavy (non-hydrogen) atoms. The van der Waals surface area contributed by atoms with Crippen molar-refractivity contribution in [2.24, 2.45) is 10.2 Å². The van der Waals surface area contributed by atoms with Crippen molar-refractivity contribution in [2.75, 3.05) is 7.05 Å². The van der Waals surface area contributed by atoms with Crippen molar-refractivity contribution in [2.45, 2.75) is 6.92 Å². The fourth-order valence-electron chi connectivity index (χ4n) is 0.0408. The summed E-state index contributed by atoms with van der Waals surface area (Å²) in [5.74, 6) is 0.287. The Morgan fingerprint density at radius 2 is 2.17 bits per heavy atom. The second kappa shape index (κ2) is 2.50. The smallest absolute Gasteiger partial charge is 0.164 e. The Labute approximate surface area is 36.1 Å². The monoisotopic (exact) mass is 86.0 g/mol. The van der Waals surface area contributed by atoms with Crippen LogP contribution in [0.3, 0.4) is 0 Å². The molecule has 0 bridgehead atoms. The van der Waals surface area contributed by atoms with E-state index in [1.165, 1.54) is 7.05 Å². The van der Waals surface area contributed by atoms with Crippen molar-refractivity contribution in [3.63, 3.8) is 0 Å². The molecule has 3 nitrogen and oxygen atoms in total. The van der Waals surface area contributed by atoms with E-state index in [4.69, 9.17) is 0 Å². The van der Waals surface area contributed by atoms with Gasteiger partial charge in [-0.1, -0.05) is 0 Å². The lowest BCUT2D eigenvalue weighted by molar-refractivity contribution is 1.37. The lowest BCUT2D eigenvalue weighted by Gasteiger charge is -1.71. The standard InChI is InChI=1S/C3H6N2O/c1-3(4-2)5-6/h1-2H3/b4-3+. The number of aliphatic imine (C=N–C) groups is 1. The third kappa shape index (κ3) is 1.58. The van der Waals surface area contributed by atoms with Crippen molar-refractivity contribution in [1.29, 1.82) is 0 Å². The van der Waals surface area contributed by atoms with Gasteiger partial charge in [0.2, 0.25) is 0 Å². The summed E-state index contributed by atoms with van der Waals surface area (Å²) in [4.78, 5) is 12.8. The van der Waals surface area contributed by atoms with Crippen LogP contribution in [0, 0.1) is 4.91 Å². The fourth-order valence-corrected chi connectivity index (χ4v) is 0.0408. The Hall–Kier alpha value is -0.730. The molecule has 0 saturated carbocycles. The Bertz CT molecular complexity index is 76.9. The second-order valence-corrected chi connectivity index (χ2v) is 0.862. The van der Waals surface area contributed by atoms with Crippen molar-refractivity contribution < 1.29 is 0 Å². The van der Waals surface area contributed by atoms with E-state index in [1.807, 2.05) is 0 Å². The molecule has 0 radical (unpaired) electrons. The lowest BCUT2D eigenvalue weighted by Crippen LogP contribution is -1.77. The molecule has 0 amide bonds. The van der Waals surface area contributed by atoms with E-state index in [-0.39, 0.29) is 5.84 Å². The SMILES string of the molecule is C/N=C(\C)N=O. The van der Waals surface area contributed by atoms with E-state index in [0.29, 0.717) is 0 Å². The van der Waals surface area contributed by atoms with Crippen LogP contribution < -0.4 is 0 Å². The molecule has 0 N–H and O–H groups in total. The first kappa shape index (κ1) is 5.27. The van der Waals surface area contributed by atoms with Crippen molar-refractivity contribution in [1.82, 2.24) is 0 Å². The van der Waals surface area contributed by atoms with Crippen molar-refractivity contribution >= 4 is 5.84 Å². The van der Waals surface area contributed by atoms with Gasteiger partial charge in [-0.25, -0.2) is 0 Å². The predicted molar refractivity (Wildman–Crippen MR) is 24.8 cm³/mol. The number of nitroso groups, excluding NO2 is 1. The van der Waals surface area contributed by atoms with E-state index in [9.17, 15) is 4.91 Å². The number of amidine groups is 1. The Kier molecular flexibility index (Phi) is 2.20. The topological polar surface area (TPSA) is 41.8 Å². The molecule has 34 valence electrons. The molecule has 0 rings (SSSR count). The highest BCUT2D eigenvalue weighted by Gasteiger charge is 1.75. The van der Waals surface area contributed by atoms with E-state index in [2.05, 4.69) is 10.2 Å². The first-order valence-electron chi connectivity index (χ1n) is 1.58. The van der Waals surface area contributed by atoms with E-state index >= 15 is 0 Å². The van der Waals surface area contributed by atoms with Gasteiger partial charge in [-0.15, -0.1) is 4.91 Å². The minimum Gasteiger partial charge on any atom is -0.271 e. The van der Waals surface area contributed by atoms with Gasteiger partial charge in [0.1, 0.15) is 0 Å². The predicted octanol–water partition coefficient (Wildman–Crippen LogP) is 0.801. The van der Waals surface area contributed by atoms with Crippen molar-refractivity contribution in [3.8, 4) is 0 Å². The van der Waals surface area contributed by atoms with Gasteiger partial charge < -0.3 is 0 Å². The molecule has 0 aromatic rings. The first-order valence-corrected chi connectivity index (χ1v) is 1.58. The summed E-state index contributed by atoms with van der Waals surface area (Å²) in [6.07, 6.45) is 0. The van der Waals surface area contributed by atoms with Crippen LogP contribution in [0.15, 0.2) is 10.2 Å². The molecule has 0 saturated heterocycles. The molecule has 0 heterocycles. The molecule has 0 aliphatic rings. The zero-order valence-electron chi connectivity index (χ0n) is 3.80. The average molecular weight is 86.1 g/mol. The highest BCUT2D eigenvalue weighted by Crippen LogP contribution is 1.70. The van der Waals surface area contributed by atoms with Crippen LogP contribution in [0.25, 0.3) is 0 Å². The maximum Gasteiger partial charge on any atom is 0.164 e. The van der Waals surface area contributed by atoms with Crippen LogP contribution in [0.1, 0.15) is 6.92 Å². The van der Waals surface area contributed by atoms with Gasteiger partial charge in [-0.05, 0) is 12.1 Å². The largest absolute Gasteiger partial charge is 0.271 e. The minimum absolute atomic E-state index is 0.287. The summed E-state index contributed by atoms with van der Waals surface area (Å²) in [7, 11) is 1.52. The molecule has 0 aliphatic carbocycles. The minimum atomic E-state index is 0.287. The molecule has 0 aromatic carbocycles. The molecule has 0 aromatic heterocycles. The van der Waals surface area contributed by atoms with Gasteiger partial charge in [-0.3, -0.25) is 4.99 Å². The van der Waals surface area contributed by atoms with E-state index < -0.39 is 0 Å². The van der Waals surface area contributed by atoms with Crippen LogP contribution in [0.5, 0.6) is 0 Å². The zero-order chi connectivity index (χ0) is 4.99. The summed E-state index contributed by atoms with van der Waals surface area (Å²) >= 11 is 0. The molecule has 0 aliphatic heterocycles. The van der Waals surface area contributed by atoms with Crippen LogP contribution in [0.4, 0.5) is 0 Å². The number of nitrogens with zero attached hydrogens (tertiary/aromatic N) is 2. The number of hydrogen-bond acceptors (Lipinski definition) is 2. The van der Waals surface area contributed by atoms with Gasteiger partial charge in [0.25, 0.3) is 0 Å². The van der Waals surface area contributed by atoms with Gasteiger partial charge in [-0.2, -0.15) is 0 Å². The lowest BCUT2D eigenvalue weighted by atomic mass is 10.7. The summed E-state index contributed by atoms with van der Waals surface area (Å²) < 4.78 is 0. The van der Waals surface area contributed by atoms with Gasteiger partial charge in [0.15, 0.2) is 5.84 Å². The van der Waals surface area contributed by atoms with Gasteiger partial charge in [0, 0.05) is 7.05 Å². The quantitative estimate of drug-likeness (QED) is 0.244. The van der Waals surface area contributed by atoms with Gasteiger partial charge in [0.05, 0.1) is 0 Å². The number of hydrogen-bond donors (Lipinski definition) is 0. The van der Waals surface area contributed by atoms with Crippen LogP contribution in [-0.4, -0.2) is 12.9 Å². The molecular weight excluding hydrogens is 80.0 g/mol. The van der Waals surface area contributed by atoms with E-state index in [1.54, 1.807) is 6.92 Å². The molecule has 0 fully saturated rings. The number of rotatable bonds is 0. The Balaban J connectivity index is 3.50. The third-order valence-electron chi connectivity index (χ3n) is 0.456. The van der Waals surface area contributed by atoms with Crippen LogP contribution in [0.2, 0.25) is 0 Å². The summed E-state index contributed by atoms with van der Waals surface area (Å²) in [5, 5.41) is 2.51. The molecule has 0 atom stereocenters. The summed E-state index contributed by atoms with van der Waals surface area (Å²) in [6, 6.07) is 0. The molecule has 0 unspecified atom stereocenters. The first-order chi connectivity index (χ1) is 2.81. The Morgan fingerprint density at radius 1 is 1.67 bits per heavy atom. The second-order valence-electron chi connectivity index (χ2n) is 0.862. The van der Waals surface area contributed by atoms with Gasteiger partial charge >= 0.3 is 0 Å². The maximum absolute atomic E-state index is 9.36. The summed E-state index contributed by atoms with van der Waals surface area (Å²) in [5.41, 5.74) is 0. The summed E-state index contributed by atoms with van der Waals surface area (Å²) in [6.45, 7) is 1.55. The van der Waals surface area contributed by atoms with E-state index in [0.717, 1.165) is 0 Å². The average Bonchev–Trinajstić information content (AvgIpc) is 1.65. The molecule has 0 spiro atoms. The zero-order valence-corrected chi connectivity index (χ0v) is 3.80. The highest BCUT2D eigenvalue weighted by atomic mass is 16.3. The maximum atomic E-state index is 9.36. The molecule has 3 heteroatoms. The molecular formula is C3H6N2O. The Morgan fingerprint density at radius 3 is 2.17 bits per heavy atom. The van der Waals surface area contributed by atoms with Crippen LogP contribution in [-0.2, 0) is 0 Å². The van der Waals surface area contributed by atoms with Crippen molar-refractivity contribution in [3.05, 3.63) is 4.91 Å². The third-order valence-corrected chi connectivity index (χ3v) is 0.456. The highest BCUT2D eigenvalue weighted by molar-refractivity contribution is 5.79. The van der Waals surface area contributed by atoms with Crippen LogP contribution >= 0.6 is 0 Å². The fraction of sp³-hybridized carbons (Fsp3) is 0.667. The normalized spacial score (nSPS) is 11.3.